The molecule has 1 aromatic carbocycles. The molecule has 5 rings (SSSR count). The van der Waals surface area contributed by atoms with E-state index < -0.39 is 35.7 Å². The molecule has 3 heterocycles. The van der Waals surface area contributed by atoms with E-state index in [1.807, 2.05) is 17.5 Å². The molecule has 1 aliphatic carbocycles. The van der Waals surface area contributed by atoms with Crippen molar-refractivity contribution in [3.8, 4) is 0 Å². The molecular weight excluding hydrogens is 575 g/mol. The van der Waals surface area contributed by atoms with Crippen LogP contribution in [0.25, 0.3) is 0 Å². The van der Waals surface area contributed by atoms with Gasteiger partial charge in [-0.25, -0.2) is 9.59 Å². The number of hydrogen-bond acceptors (Lipinski definition) is 6. The van der Waals surface area contributed by atoms with E-state index >= 15 is 0 Å². The highest BCUT2D eigenvalue weighted by Gasteiger charge is 2.38. The van der Waals surface area contributed by atoms with Gasteiger partial charge in [0.1, 0.15) is 5.00 Å². The first-order valence-electron chi connectivity index (χ1n) is 13.0. The summed E-state index contributed by atoms with van der Waals surface area (Å²) in [5.74, 6) is -1.11. The smallest absolute Gasteiger partial charge is 0.416 e. The number of anilines is 1. The molecule has 0 saturated carbocycles. The number of aryl methyl sites for hydroxylation is 2. The minimum absolute atomic E-state index is 0.0237. The van der Waals surface area contributed by atoms with Crippen molar-refractivity contribution in [2.45, 2.75) is 51.7 Å². The largest absolute Gasteiger partial charge is 0.465 e. The minimum atomic E-state index is -4.53. The first kappa shape index (κ1) is 28.9. The summed E-state index contributed by atoms with van der Waals surface area (Å²) < 4.78 is 45.4. The number of amides is 3. The van der Waals surface area contributed by atoms with Crippen LogP contribution < -0.4 is 10.6 Å². The summed E-state index contributed by atoms with van der Waals surface area (Å²) in [6, 6.07) is 6.00. The van der Waals surface area contributed by atoms with Gasteiger partial charge in [0.25, 0.3) is 5.91 Å². The number of thiophene rings is 2. The molecule has 2 aromatic heterocycles. The van der Waals surface area contributed by atoms with Crippen LogP contribution in [0.3, 0.4) is 0 Å². The van der Waals surface area contributed by atoms with Gasteiger partial charge in [-0.15, -0.1) is 22.7 Å². The van der Waals surface area contributed by atoms with Gasteiger partial charge >= 0.3 is 18.2 Å². The van der Waals surface area contributed by atoms with Crippen LogP contribution in [0.2, 0.25) is 0 Å². The summed E-state index contributed by atoms with van der Waals surface area (Å²) in [5, 5.41) is 8.01. The average molecular weight is 604 g/mol. The Hall–Kier alpha value is -3.64. The number of methoxy groups -OCH3 is 1. The number of allylic oxidation sites excluding steroid dienone is 1. The predicted molar refractivity (Wildman–Crippen MR) is 151 cm³/mol. The van der Waals surface area contributed by atoms with Gasteiger partial charge < -0.3 is 15.4 Å². The molecule has 41 heavy (non-hydrogen) atoms. The molecule has 0 fully saturated rings. The number of benzene rings is 1. The van der Waals surface area contributed by atoms with Crippen molar-refractivity contribution in [1.82, 2.24) is 10.2 Å². The van der Waals surface area contributed by atoms with E-state index in [-0.39, 0.29) is 11.1 Å². The number of rotatable bonds is 7. The molecule has 216 valence electrons. The maximum atomic E-state index is 14.0. The van der Waals surface area contributed by atoms with Crippen molar-refractivity contribution in [2.75, 3.05) is 19.0 Å². The fourth-order valence-electron chi connectivity index (χ4n) is 5.44. The first-order chi connectivity index (χ1) is 19.5. The number of urea groups is 1. The summed E-state index contributed by atoms with van der Waals surface area (Å²) in [5.41, 5.74) is 1.29. The number of hydrogen-bond donors (Lipinski definition) is 2. The molecule has 0 saturated heterocycles. The SMILES string of the molecule is COC(=O)c1c(NC(=O)C2=C(C)N(CCc3cccs3)C(=O)NC2c2ccc(C(F)(F)F)c(C)c2)sc2c1CCC2. The van der Waals surface area contributed by atoms with Crippen LogP contribution in [0.5, 0.6) is 0 Å². The Kier molecular flexibility index (Phi) is 7.97. The van der Waals surface area contributed by atoms with Crippen LogP contribution >= 0.6 is 22.7 Å². The van der Waals surface area contributed by atoms with E-state index in [0.717, 1.165) is 34.2 Å². The van der Waals surface area contributed by atoms with Gasteiger partial charge in [0, 0.05) is 22.0 Å². The van der Waals surface area contributed by atoms with E-state index in [4.69, 9.17) is 4.74 Å². The van der Waals surface area contributed by atoms with Gasteiger partial charge in [0.05, 0.1) is 29.9 Å². The molecule has 2 N–H and O–H groups in total. The molecule has 1 aliphatic heterocycles. The Morgan fingerprint density at radius 2 is 1.98 bits per heavy atom. The second-order valence-electron chi connectivity index (χ2n) is 9.94. The van der Waals surface area contributed by atoms with Crippen LogP contribution in [0.4, 0.5) is 23.0 Å². The van der Waals surface area contributed by atoms with Crippen LogP contribution in [0, 0.1) is 6.92 Å². The lowest BCUT2D eigenvalue weighted by molar-refractivity contribution is -0.138. The zero-order chi connectivity index (χ0) is 29.5. The number of ether oxygens (including phenoxy) is 1. The van der Waals surface area contributed by atoms with Crippen molar-refractivity contribution in [3.63, 3.8) is 0 Å². The fraction of sp³-hybridized carbons (Fsp3) is 0.345. The Morgan fingerprint density at radius 1 is 1.20 bits per heavy atom. The Morgan fingerprint density at radius 3 is 2.63 bits per heavy atom. The van der Waals surface area contributed by atoms with Crippen molar-refractivity contribution in [2.24, 2.45) is 0 Å². The average Bonchev–Trinajstić information content (AvgIpc) is 3.65. The third-order valence-electron chi connectivity index (χ3n) is 7.43. The van der Waals surface area contributed by atoms with Gasteiger partial charge in [-0.3, -0.25) is 9.69 Å². The van der Waals surface area contributed by atoms with Crippen molar-refractivity contribution >= 4 is 45.6 Å². The molecule has 1 unspecified atom stereocenters. The van der Waals surface area contributed by atoms with Crippen LogP contribution in [-0.2, 0) is 35.0 Å². The molecule has 3 aromatic rings. The summed E-state index contributed by atoms with van der Waals surface area (Å²) in [6.45, 7) is 3.30. The zero-order valence-corrected chi connectivity index (χ0v) is 24.2. The van der Waals surface area contributed by atoms with Gasteiger partial charge in [-0.1, -0.05) is 18.2 Å². The molecule has 1 atom stereocenters. The van der Waals surface area contributed by atoms with Gasteiger partial charge in [0.15, 0.2) is 0 Å². The molecule has 12 heteroatoms. The molecular formula is C29H28F3N3O4S2. The molecule has 0 bridgehead atoms. The quantitative estimate of drug-likeness (QED) is 0.297. The molecule has 0 spiro atoms. The number of nitrogens with zero attached hydrogens (tertiary/aromatic N) is 1. The summed E-state index contributed by atoms with van der Waals surface area (Å²) in [4.78, 5) is 43.5. The van der Waals surface area contributed by atoms with Gasteiger partial charge in [-0.05, 0) is 73.7 Å². The minimum Gasteiger partial charge on any atom is -0.465 e. The van der Waals surface area contributed by atoms with E-state index in [1.165, 1.54) is 42.4 Å². The second kappa shape index (κ2) is 11.3. The highest BCUT2D eigenvalue weighted by atomic mass is 32.1. The maximum absolute atomic E-state index is 14.0. The van der Waals surface area contributed by atoms with Crippen LogP contribution in [-0.4, -0.2) is 36.5 Å². The van der Waals surface area contributed by atoms with Gasteiger partial charge in [-0.2, -0.15) is 13.2 Å². The standard InChI is InChI=1S/C29H28F3N3O4S2/c1-15-14-17(9-10-20(15)29(30,31)32)24-22(16(2)35(28(38)33-24)12-11-18-6-5-13-40-18)25(36)34-26-23(27(37)39-3)19-7-4-8-21(19)41-26/h5-6,9-10,13-14,24H,4,7-8,11-12H2,1-3H3,(H,33,38)(H,34,36). The first-order valence-corrected chi connectivity index (χ1v) is 14.7. The van der Waals surface area contributed by atoms with Gasteiger partial charge in [0.2, 0.25) is 0 Å². The lowest BCUT2D eigenvalue weighted by Crippen LogP contribution is -2.49. The van der Waals surface area contributed by atoms with Crippen LogP contribution in [0.15, 0.2) is 47.0 Å². The summed E-state index contributed by atoms with van der Waals surface area (Å²) >= 11 is 2.87. The highest BCUT2D eigenvalue weighted by Crippen LogP contribution is 2.41. The Labute approximate surface area is 243 Å². The summed E-state index contributed by atoms with van der Waals surface area (Å²) in [7, 11) is 1.28. The monoisotopic (exact) mass is 603 g/mol. The zero-order valence-electron chi connectivity index (χ0n) is 22.6. The van der Waals surface area contributed by atoms with E-state index in [2.05, 4.69) is 10.6 Å². The maximum Gasteiger partial charge on any atom is 0.416 e. The van der Waals surface area contributed by atoms with Crippen LogP contribution in [0.1, 0.15) is 61.8 Å². The van der Waals surface area contributed by atoms with Crippen molar-refractivity contribution < 1.29 is 32.3 Å². The molecule has 3 amide bonds. The number of halogens is 3. The number of fused-ring (bicyclic) bond motifs is 1. The molecule has 2 aliphatic rings. The predicted octanol–water partition coefficient (Wildman–Crippen LogP) is 6.63. The fourth-order valence-corrected chi connectivity index (χ4v) is 7.41. The number of esters is 1. The number of alkyl halides is 3. The van der Waals surface area contributed by atoms with E-state index in [1.54, 1.807) is 18.3 Å². The van der Waals surface area contributed by atoms with Crippen molar-refractivity contribution in [1.29, 1.82) is 0 Å². The van der Waals surface area contributed by atoms with Crippen molar-refractivity contribution in [3.05, 3.63) is 84.6 Å². The number of carbonyl (C=O) groups is 3. The topological polar surface area (TPSA) is 87.7 Å². The third kappa shape index (κ3) is 5.62. The number of nitrogens with one attached hydrogen (secondary N) is 2. The molecule has 7 nitrogen and oxygen atoms in total. The third-order valence-corrected chi connectivity index (χ3v) is 9.57. The highest BCUT2D eigenvalue weighted by molar-refractivity contribution is 7.17. The summed E-state index contributed by atoms with van der Waals surface area (Å²) in [6.07, 6.45) is -1.57. The van der Waals surface area contributed by atoms with E-state index in [0.29, 0.717) is 41.2 Å². The number of carbonyl (C=O) groups excluding carboxylic acids is 3. The second-order valence-corrected chi connectivity index (χ2v) is 12.1. The lowest BCUT2D eigenvalue weighted by Gasteiger charge is -2.36. The lowest BCUT2D eigenvalue weighted by atomic mass is 9.91. The van der Waals surface area contributed by atoms with E-state index in [9.17, 15) is 27.6 Å². The Bertz CT molecular complexity index is 1540. The molecule has 0 radical (unpaired) electrons. The normalized spacial score (nSPS) is 17.0. The Balaban J connectivity index is 1.54.